The Morgan fingerprint density at radius 3 is 2.77 bits per heavy atom. The molecule has 0 aromatic carbocycles. The zero-order chi connectivity index (χ0) is 15.5. The van der Waals surface area contributed by atoms with Crippen LogP contribution < -0.4 is 15.8 Å². The summed E-state index contributed by atoms with van der Waals surface area (Å²) in [5, 5.41) is 13.2. The summed E-state index contributed by atoms with van der Waals surface area (Å²) in [6, 6.07) is 3.22. The largest absolute Gasteiger partial charge is 0.355 e. The fraction of sp³-hybridized carbons (Fsp3) is 0.462. The van der Waals surface area contributed by atoms with Gasteiger partial charge in [0, 0.05) is 32.1 Å². The second-order valence-electron chi connectivity index (χ2n) is 5.24. The third kappa shape index (κ3) is 2.97. The van der Waals surface area contributed by atoms with Crippen LogP contribution in [0.2, 0.25) is 0 Å². The number of hydrogen-bond donors (Lipinski definition) is 2. The van der Waals surface area contributed by atoms with Gasteiger partial charge in [-0.3, -0.25) is 14.9 Å². The molecule has 1 aliphatic rings. The molecule has 22 heavy (non-hydrogen) atoms. The lowest BCUT2D eigenvalue weighted by Gasteiger charge is -2.31. The molecule has 116 valence electrons. The Labute approximate surface area is 126 Å². The van der Waals surface area contributed by atoms with E-state index in [0.29, 0.717) is 5.95 Å². The maximum Gasteiger partial charge on any atom is 0.266 e. The van der Waals surface area contributed by atoms with Crippen molar-refractivity contribution >= 4 is 17.7 Å². The number of aromatic nitrogens is 5. The molecule has 0 aliphatic carbocycles. The van der Waals surface area contributed by atoms with Gasteiger partial charge in [0.25, 0.3) is 5.56 Å². The van der Waals surface area contributed by atoms with Crippen LogP contribution in [0.1, 0.15) is 12.8 Å². The van der Waals surface area contributed by atoms with Crippen LogP contribution in [-0.4, -0.2) is 44.0 Å². The first-order valence-electron chi connectivity index (χ1n) is 7.09. The fourth-order valence-corrected chi connectivity index (χ4v) is 2.51. The SMILES string of the molecule is Cn1nc(N2CCC(C(=O)Nc3ncn[nH]3)CC2)ccc1=O. The van der Waals surface area contributed by atoms with Crippen molar-refractivity contribution in [1.29, 1.82) is 0 Å². The second kappa shape index (κ2) is 5.96. The summed E-state index contributed by atoms with van der Waals surface area (Å²) in [5.41, 5.74) is -0.134. The molecule has 9 heteroatoms. The van der Waals surface area contributed by atoms with Crippen LogP contribution >= 0.6 is 0 Å². The molecule has 3 heterocycles. The number of nitrogens with zero attached hydrogens (tertiary/aromatic N) is 5. The Balaban J connectivity index is 1.59. The summed E-state index contributed by atoms with van der Waals surface area (Å²) in [6.45, 7) is 1.44. The van der Waals surface area contributed by atoms with Crippen molar-refractivity contribution in [2.45, 2.75) is 12.8 Å². The zero-order valence-electron chi connectivity index (χ0n) is 12.2. The lowest BCUT2D eigenvalue weighted by molar-refractivity contribution is -0.120. The zero-order valence-corrected chi connectivity index (χ0v) is 12.2. The molecule has 0 saturated carbocycles. The Kier molecular flexibility index (Phi) is 3.86. The molecule has 0 bridgehead atoms. The number of carbonyl (C=O) groups excluding carboxylic acids is 1. The standard InChI is InChI=1S/C13H17N7O2/c1-19-11(21)3-2-10(18-19)20-6-4-9(5-7-20)12(22)16-13-14-8-15-17-13/h2-3,8-9H,4-7H2,1H3,(H2,14,15,16,17,22). The lowest BCUT2D eigenvalue weighted by atomic mass is 9.96. The first-order chi connectivity index (χ1) is 10.6. The number of carbonyl (C=O) groups is 1. The lowest BCUT2D eigenvalue weighted by Crippen LogP contribution is -2.39. The summed E-state index contributed by atoms with van der Waals surface area (Å²) in [4.78, 5) is 29.5. The maximum absolute atomic E-state index is 12.1. The second-order valence-corrected chi connectivity index (χ2v) is 5.24. The third-order valence-electron chi connectivity index (χ3n) is 3.79. The summed E-state index contributed by atoms with van der Waals surface area (Å²) < 4.78 is 1.32. The van der Waals surface area contributed by atoms with Crippen LogP contribution in [0.4, 0.5) is 11.8 Å². The van der Waals surface area contributed by atoms with Crippen LogP contribution in [0.3, 0.4) is 0 Å². The highest BCUT2D eigenvalue weighted by Crippen LogP contribution is 2.21. The van der Waals surface area contributed by atoms with E-state index in [1.165, 1.54) is 17.1 Å². The Morgan fingerprint density at radius 2 is 2.14 bits per heavy atom. The third-order valence-corrected chi connectivity index (χ3v) is 3.79. The maximum atomic E-state index is 12.1. The molecule has 0 spiro atoms. The first-order valence-corrected chi connectivity index (χ1v) is 7.09. The molecule has 2 aromatic heterocycles. The number of amides is 1. The predicted octanol–water partition coefficient (Wildman–Crippen LogP) is -0.246. The van der Waals surface area contributed by atoms with Crippen LogP contribution in [-0.2, 0) is 11.8 Å². The molecule has 0 atom stereocenters. The van der Waals surface area contributed by atoms with Gasteiger partial charge in [-0.25, -0.2) is 9.78 Å². The van der Waals surface area contributed by atoms with Gasteiger partial charge in [-0.05, 0) is 18.9 Å². The average molecular weight is 303 g/mol. The molecular weight excluding hydrogens is 286 g/mol. The van der Waals surface area contributed by atoms with Gasteiger partial charge in [0.15, 0.2) is 0 Å². The molecule has 9 nitrogen and oxygen atoms in total. The van der Waals surface area contributed by atoms with Crippen molar-refractivity contribution in [3.05, 3.63) is 28.8 Å². The van der Waals surface area contributed by atoms with Crippen LogP contribution in [0.15, 0.2) is 23.3 Å². The van der Waals surface area contributed by atoms with Gasteiger partial charge in [0.1, 0.15) is 12.1 Å². The van der Waals surface area contributed by atoms with Crippen molar-refractivity contribution in [3.8, 4) is 0 Å². The molecule has 3 rings (SSSR count). The van der Waals surface area contributed by atoms with Crippen LogP contribution in [0.25, 0.3) is 0 Å². The number of piperidine rings is 1. The van der Waals surface area contributed by atoms with Crippen molar-refractivity contribution in [2.24, 2.45) is 13.0 Å². The molecule has 1 saturated heterocycles. The summed E-state index contributed by atoms with van der Waals surface area (Å²) in [5.74, 6) is 1.02. The van der Waals surface area contributed by atoms with Gasteiger partial charge in [-0.1, -0.05) is 0 Å². The van der Waals surface area contributed by atoms with E-state index in [1.54, 1.807) is 13.1 Å². The number of rotatable bonds is 3. The monoisotopic (exact) mass is 303 g/mol. The van der Waals surface area contributed by atoms with E-state index >= 15 is 0 Å². The molecule has 0 radical (unpaired) electrons. The van der Waals surface area contributed by atoms with Crippen LogP contribution in [0, 0.1) is 5.92 Å². The highest BCUT2D eigenvalue weighted by molar-refractivity contribution is 5.91. The van der Waals surface area contributed by atoms with Gasteiger partial charge in [0.2, 0.25) is 11.9 Å². The molecule has 2 N–H and O–H groups in total. The predicted molar refractivity (Wildman–Crippen MR) is 79.4 cm³/mol. The summed E-state index contributed by atoms with van der Waals surface area (Å²) in [6.07, 6.45) is 2.80. The average Bonchev–Trinajstić information content (AvgIpc) is 3.03. The van der Waals surface area contributed by atoms with E-state index in [2.05, 4.69) is 30.5 Å². The minimum Gasteiger partial charge on any atom is -0.355 e. The topological polar surface area (TPSA) is 109 Å². The number of nitrogens with one attached hydrogen (secondary N) is 2. The highest BCUT2D eigenvalue weighted by atomic mass is 16.2. The van der Waals surface area contributed by atoms with Gasteiger partial charge in [-0.2, -0.15) is 15.2 Å². The molecule has 1 fully saturated rings. The van der Waals surface area contributed by atoms with E-state index < -0.39 is 0 Å². The Hall–Kier alpha value is -2.71. The van der Waals surface area contributed by atoms with E-state index in [-0.39, 0.29) is 17.4 Å². The van der Waals surface area contributed by atoms with Gasteiger partial charge < -0.3 is 4.90 Å². The minimum absolute atomic E-state index is 0.0511. The van der Waals surface area contributed by atoms with Crippen molar-refractivity contribution in [1.82, 2.24) is 25.0 Å². The quantitative estimate of drug-likeness (QED) is 0.809. The van der Waals surface area contributed by atoms with Crippen LogP contribution in [0.5, 0.6) is 0 Å². The Morgan fingerprint density at radius 1 is 1.36 bits per heavy atom. The fourth-order valence-electron chi connectivity index (χ4n) is 2.51. The molecule has 1 aliphatic heterocycles. The molecule has 0 unspecified atom stereocenters. The van der Waals surface area contributed by atoms with Gasteiger partial charge in [-0.15, -0.1) is 0 Å². The number of anilines is 2. The van der Waals surface area contributed by atoms with Crippen molar-refractivity contribution in [2.75, 3.05) is 23.3 Å². The molecule has 1 amide bonds. The molecular formula is C13H17N7O2. The van der Waals surface area contributed by atoms with Gasteiger partial charge in [0.05, 0.1) is 0 Å². The van der Waals surface area contributed by atoms with E-state index in [4.69, 9.17) is 0 Å². The number of H-pyrrole nitrogens is 1. The number of aromatic amines is 1. The van der Waals surface area contributed by atoms with E-state index in [0.717, 1.165) is 31.7 Å². The number of hydrogen-bond acceptors (Lipinski definition) is 6. The highest BCUT2D eigenvalue weighted by Gasteiger charge is 2.26. The van der Waals surface area contributed by atoms with Crippen molar-refractivity contribution < 1.29 is 4.79 Å². The summed E-state index contributed by atoms with van der Waals surface area (Å²) >= 11 is 0. The normalized spacial score (nSPS) is 15.8. The van der Waals surface area contributed by atoms with E-state index in [9.17, 15) is 9.59 Å². The minimum atomic E-state index is -0.134. The first kappa shape index (κ1) is 14.2. The molecule has 2 aromatic rings. The number of aryl methyl sites for hydroxylation is 1. The van der Waals surface area contributed by atoms with E-state index in [1.807, 2.05) is 0 Å². The Bertz CT molecular complexity index is 701. The smallest absolute Gasteiger partial charge is 0.266 e. The summed E-state index contributed by atoms with van der Waals surface area (Å²) in [7, 11) is 1.63. The van der Waals surface area contributed by atoms with Crippen molar-refractivity contribution in [3.63, 3.8) is 0 Å². The van der Waals surface area contributed by atoms with Gasteiger partial charge >= 0.3 is 0 Å².